The van der Waals surface area contributed by atoms with Crippen LogP contribution in [0.15, 0.2) is 29.2 Å². The van der Waals surface area contributed by atoms with E-state index in [2.05, 4.69) is 16.9 Å². The van der Waals surface area contributed by atoms with Crippen molar-refractivity contribution in [2.24, 2.45) is 0 Å². The number of benzene rings is 1. The van der Waals surface area contributed by atoms with Crippen LogP contribution in [0.5, 0.6) is 0 Å². The quantitative estimate of drug-likeness (QED) is 0.692. The molecule has 22 heavy (non-hydrogen) atoms. The molecule has 112 valence electrons. The average molecular weight is 312 g/mol. The third kappa shape index (κ3) is 2.15. The van der Waals surface area contributed by atoms with Gasteiger partial charge in [-0.3, -0.25) is 14.3 Å². The van der Waals surface area contributed by atoms with Gasteiger partial charge in [-0.05, 0) is 26.1 Å². The van der Waals surface area contributed by atoms with E-state index in [9.17, 15) is 4.79 Å². The Labute approximate surface area is 131 Å². The number of fused-ring (bicyclic) bond motifs is 2. The molecule has 0 aliphatic carbocycles. The van der Waals surface area contributed by atoms with Crippen LogP contribution in [-0.2, 0) is 13.1 Å². The van der Waals surface area contributed by atoms with Crippen LogP contribution in [0.4, 0.5) is 0 Å². The third-order valence-electron chi connectivity index (χ3n) is 4.02. The van der Waals surface area contributed by atoms with Crippen LogP contribution in [0.2, 0.25) is 0 Å². The summed E-state index contributed by atoms with van der Waals surface area (Å²) in [6, 6.07) is 5.82. The Morgan fingerprint density at radius 2 is 2.14 bits per heavy atom. The molecule has 0 radical (unpaired) electrons. The number of rotatable bonds is 1. The Bertz CT molecular complexity index is 928. The summed E-state index contributed by atoms with van der Waals surface area (Å²) in [5, 5.41) is 1.65. The fourth-order valence-electron chi connectivity index (χ4n) is 2.83. The summed E-state index contributed by atoms with van der Waals surface area (Å²) in [6.07, 6.45) is 1.87. The van der Waals surface area contributed by atoms with Crippen LogP contribution in [0.25, 0.3) is 21.5 Å². The number of aromatic nitrogens is 3. The van der Waals surface area contributed by atoms with Crippen LogP contribution in [0.1, 0.15) is 10.7 Å². The highest BCUT2D eigenvalue weighted by molar-refractivity contribution is 7.14. The van der Waals surface area contributed by atoms with E-state index in [-0.39, 0.29) is 5.56 Å². The fourth-order valence-corrected chi connectivity index (χ4v) is 3.59. The number of likely N-dealkylation sites (N-methyl/N-ethyl adjacent to an activating group) is 1. The molecule has 1 aromatic carbocycles. The lowest BCUT2D eigenvalue weighted by Gasteiger charge is -2.25. The van der Waals surface area contributed by atoms with Crippen LogP contribution in [-0.4, -0.2) is 33.0 Å². The summed E-state index contributed by atoms with van der Waals surface area (Å²) in [7, 11) is 2.05. The molecule has 3 heterocycles. The highest BCUT2D eigenvalue weighted by Gasteiger charge is 2.18. The van der Waals surface area contributed by atoms with Crippen LogP contribution in [0.3, 0.4) is 0 Å². The molecule has 0 fully saturated rings. The summed E-state index contributed by atoms with van der Waals surface area (Å²) >= 11 is 1.65. The Morgan fingerprint density at radius 3 is 2.91 bits per heavy atom. The monoisotopic (exact) mass is 312 g/mol. The molecule has 0 amide bonds. The van der Waals surface area contributed by atoms with Crippen molar-refractivity contribution in [1.29, 1.82) is 0 Å². The van der Waals surface area contributed by atoms with E-state index in [1.165, 1.54) is 4.88 Å². The van der Waals surface area contributed by atoms with Gasteiger partial charge in [0.05, 0.1) is 17.4 Å². The minimum Gasteiger partial charge on any atom is -0.297 e. The first-order valence-corrected chi connectivity index (χ1v) is 8.08. The summed E-state index contributed by atoms with van der Waals surface area (Å²) in [5.74, 6) is 0.846. The minimum atomic E-state index is 0.0648. The zero-order valence-electron chi connectivity index (χ0n) is 12.5. The highest BCUT2D eigenvalue weighted by atomic mass is 32.1. The summed E-state index contributed by atoms with van der Waals surface area (Å²) in [4.78, 5) is 25.1. The Balaban J connectivity index is 1.91. The van der Waals surface area contributed by atoms with Gasteiger partial charge in [-0.15, -0.1) is 11.3 Å². The van der Waals surface area contributed by atoms with Gasteiger partial charge >= 0.3 is 0 Å². The van der Waals surface area contributed by atoms with Crippen molar-refractivity contribution in [3.63, 3.8) is 0 Å². The second-order valence-electron chi connectivity index (χ2n) is 5.73. The number of aryl methyl sites for hydroxylation is 1. The lowest BCUT2D eigenvalue weighted by Crippen LogP contribution is -2.38. The molecule has 0 atom stereocenters. The minimum absolute atomic E-state index is 0.0648. The van der Waals surface area contributed by atoms with Gasteiger partial charge in [-0.2, -0.15) is 0 Å². The van der Waals surface area contributed by atoms with Gasteiger partial charge < -0.3 is 0 Å². The van der Waals surface area contributed by atoms with Gasteiger partial charge in [0.2, 0.25) is 0 Å². The van der Waals surface area contributed by atoms with E-state index in [4.69, 9.17) is 4.98 Å². The number of nitrogens with zero attached hydrogens (tertiary/aromatic N) is 4. The Morgan fingerprint density at radius 1 is 1.27 bits per heavy atom. The summed E-state index contributed by atoms with van der Waals surface area (Å²) < 4.78 is 1.80. The molecule has 6 heteroatoms. The van der Waals surface area contributed by atoms with E-state index in [0.29, 0.717) is 18.5 Å². The number of thiazole rings is 1. The molecule has 0 unspecified atom stereocenters. The zero-order valence-corrected chi connectivity index (χ0v) is 13.4. The van der Waals surface area contributed by atoms with Gasteiger partial charge in [0.1, 0.15) is 10.8 Å². The molecule has 0 spiro atoms. The second-order valence-corrected chi connectivity index (χ2v) is 6.97. The van der Waals surface area contributed by atoms with Crippen molar-refractivity contribution in [2.75, 3.05) is 13.6 Å². The Kier molecular flexibility index (Phi) is 3.09. The maximum atomic E-state index is 12.6. The molecular weight excluding hydrogens is 296 g/mol. The molecule has 4 rings (SSSR count). The lowest BCUT2D eigenvalue weighted by atomic mass is 10.1. The normalized spacial score (nSPS) is 15.2. The van der Waals surface area contributed by atoms with Crippen molar-refractivity contribution >= 4 is 22.2 Å². The predicted octanol–water partition coefficient (Wildman–Crippen LogP) is 2.27. The zero-order chi connectivity index (χ0) is 15.3. The van der Waals surface area contributed by atoms with Gasteiger partial charge in [0.25, 0.3) is 5.56 Å². The van der Waals surface area contributed by atoms with Gasteiger partial charge in [0, 0.05) is 29.7 Å². The highest BCUT2D eigenvalue weighted by Crippen LogP contribution is 2.26. The van der Waals surface area contributed by atoms with Crippen molar-refractivity contribution in [3.05, 3.63) is 45.5 Å². The first-order chi connectivity index (χ1) is 10.6. The van der Waals surface area contributed by atoms with Crippen LogP contribution < -0.4 is 5.56 Å². The molecular formula is C16H16N4OS. The first kappa shape index (κ1) is 13.6. The number of hydrogen-bond acceptors (Lipinski definition) is 5. The first-order valence-electron chi connectivity index (χ1n) is 7.26. The van der Waals surface area contributed by atoms with E-state index in [1.54, 1.807) is 15.9 Å². The van der Waals surface area contributed by atoms with Crippen molar-refractivity contribution in [3.8, 4) is 10.6 Å². The van der Waals surface area contributed by atoms with Crippen LogP contribution in [0, 0.1) is 6.92 Å². The predicted molar refractivity (Wildman–Crippen MR) is 88.2 cm³/mol. The largest absolute Gasteiger partial charge is 0.297 e. The summed E-state index contributed by atoms with van der Waals surface area (Å²) in [6.45, 7) is 4.35. The molecule has 0 saturated carbocycles. The van der Waals surface area contributed by atoms with Crippen molar-refractivity contribution < 1.29 is 0 Å². The molecule has 5 nitrogen and oxygen atoms in total. The van der Waals surface area contributed by atoms with Gasteiger partial charge in [-0.1, -0.05) is 6.07 Å². The van der Waals surface area contributed by atoms with Gasteiger partial charge in [0.15, 0.2) is 0 Å². The molecule has 0 bridgehead atoms. The number of hydrogen-bond donors (Lipinski definition) is 0. The maximum Gasteiger partial charge on any atom is 0.261 e. The van der Waals surface area contributed by atoms with Crippen molar-refractivity contribution in [2.45, 2.75) is 20.0 Å². The fraction of sp³-hybridized carbons (Fsp3) is 0.312. The molecule has 1 aliphatic heterocycles. The Hall–Kier alpha value is -2.05. The van der Waals surface area contributed by atoms with E-state index >= 15 is 0 Å². The molecule has 0 N–H and O–H groups in total. The molecule has 0 saturated heterocycles. The lowest BCUT2D eigenvalue weighted by molar-refractivity contribution is 0.259. The molecule has 2 aromatic heterocycles. The van der Waals surface area contributed by atoms with E-state index in [1.807, 2.05) is 31.3 Å². The third-order valence-corrected chi connectivity index (χ3v) is 4.98. The van der Waals surface area contributed by atoms with E-state index in [0.717, 1.165) is 28.5 Å². The summed E-state index contributed by atoms with van der Waals surface area (Å²) in [5.41, 5.74) is 1.85. The smallest absolute Gasteiger partial charge is 0.261 e. The van der Waals surface area contributed by atoms with Crippen LogP contribution >= 0.6 is 11.3 Å². The van der Waals surface area contributed by atoms with Crippen molar-refractivity contribution in [1.82, 2.24) is 19.4 Å². The second kappa shape index (κ2) is 5.00. The van der Waals surface area contributed by atoms with E-state index < -0.39 is 0 Å². The SMILES string of the molecule is Cc1cnc(-c2ccc3c(=O)n4c(nc3c2)CN(C)CC4)s1. The topological polar surface area (TPSA) is 51.0 Å². The molecule has 1 aliphatic rings. The maximum absolute atomic E-state index is 12.6. The standard InChI is InChI=1S/C16H16N4OS/c1-10-8-17-15(22-10)11-3-4-12-13(7-11)18-14-9-19(2)5-6-20(14)16(12)21/h3-4,7-8H,5-6,9H2,1-2H3. The molecule has 3 aromatic rings. The van der Waals surface area contributed by atoms with Gasteiger partial charge in [-0.25, -0.2) is 9.97 Å². The average Bonchev–Trinajstić information content (AvgIpc) is 2.93.